The molecule has 0 saturated heterocycles. The largest absolute Gasteiger partial charge is 0.497 e. The predicted octanol–water partition coefficient (Wildman–Crippen LogP) is 0.151. The van der Waals surface area contributed by atoms with Crippen molar-refractivity contribution in [3.8, 4) is 5.75 Å². The molecule has 1 aromatic carbocycles. The van der Waals surface area contributed by atoms with Gasteiger partial charge in [-0.15, -0.1) is 0 Å². The van der Waals surface area contributed by atoms with Gasteiger partial charge in [0.1, 0.15) is 5.75 Å². The topological polar surface area (TPSA) is 63.2 Å². The van der Waals surface area contributed by atoms with Gasteiger partial charge in [-0.3, -0.25) is 0 Å². The Kier molecular flexibility index (Phi) is 3.48. The van der Waals surface area contributed by atoms with Crippen LogP contribution in [-0.2, 0) is 9.53 Å². The molecule has 0 aromatic heterocycles. The molecule has 76 valence electrons. The van der Waals surface area contributed by atoms with Crippen LogP contribution in [-0.4, -0.2) is 20.2 Å². The molecule has 0 fully saturated rings. The number of esters is 1. The zero-order valence-electron chi connectivity index (χ0n) is 8.32. The van der Waals surface area contributed by atoms with E-state index < -0.39 is 6.04 Å². The summed E-state index contributed by atoms with van der Waals surface area (Å²) in [6, 6.07) is 6.71. The Bertz CT molecular complexity index is 325. The third-order valence-electron chi connectivity index (χ3n) is 1.98. The molecule has 0 aliphatic heterocycles. The van der Waals surface area contributed by atoms with Gasteiger partial charge in [-0.2, -0.15) is 0 Å². The van der Waals surface area contributed by atoms with Gasteiger partial charge in [0.2, 0.25) is 6.04 Å². The number of hydrogen-bond acceptors (Lipinski definition) is 3. The van der Waals surface area contributed by atoms with Gasteiger partial charge < -0.3 is 15.2 Å². The lowest BCUT2D eigenvalue weighted by molar-refractivity contribution is -0.414. The Balaban J connectivity index is 2.89. The van der Waals surface area contributed by atoms with Crippen molar-refractivity contribution in [3.63, 3.8) is 0 Å². The summed E-state index contributed by atoms with van der Waals surface area (Å²) in [7, 11) is 2.93. The highest BCUT2D eigenvalue weighted by Gasteiger charge is 2.20. The van der Waals surface area contributed by atoms with E-state index in [2.05, 4.69) is 10.5 Å². The molecular formula is C10H14NO3+. The van der Waals surface area contributed by atoms with Crippen molar-refractivity contribution in [1.82, 2.24) is 0 Å². The van der Waals surface area contributed by atoms with Crippen molar-refractivity contribution >= 4 is 5.97 Å². The number of benzene rings is 1. The first-order chi connectivity index (χ1) is 6.69. The minimum Gasteiger partial charge on any atom is -0.497 e. The maximum absolute atomic E-state index is 11.2. The van der Waals surface area contributed by atoms with Crippen molar-refractivity contribution in [2.24, 2.45) is 0 Å². The van der Waals surface area contributed by atoms with Crippen LogP contribution >= 0.6 is 0 Å². The number of rotatable bonds is 3. The van der Waals surface area contributed by atoms with E-state index in [1.807, 2.05) is 18.2 Å². The molecule has 1 atom stereocenters. The van der Waals surface area contributed by atoms with Gasteiger partial charge in [0.15, 0.2) is 0 Å². The van der Waals surface area contributed by atoms with Crippen molar-refractivity contribution in [2.45, 2.75) is 6.04 Å². The van der Waals surface area contributed by atoms with E-state index in [1.165, 1.54) is 7.11 Å². The van der Waals surface area contributed by atoms with Gasteiger partial charge in [-0.25, -0.2) is 4.79 Å². The van der Waals surface area contributed by atoms with Crippen LogP contribution in [0, 0.1) is 0 Å². The molecule has 1 unspecified atom stereocenters. The molecule has 0 radical (unpaired) electrons. The minimum absolute atomic E-state index is 0.349. The van der Waals surface area contributed by atoms with Crippen molar-refractivity contribution < 1.29 is 20.0 Å². The molecule has 1 aromatic rings. The molecule has 1 rings (SSSR count). The summed E-state index contributed by atoms with van der Waals surface area (Å²) in [5, 5.41) is 0. The molecule has 4 nitrogen and oxygen atoms in total. The Morgan fingerprint density at radius 2 is 2.14 bits per heavy atom. The van der Waals surface area contributed by atoms with Crippen LogP contribution in [0.2, 0.25) is 0 Å². The second kappa shape index (κ2) is 4.62. The molecule has 14 heavy (non-hydrogen) atoms. The standard InChI is InChI=1S/C10H13NO3/c1-13-8-5-3-4-7(6-8)9(11)10(12)14-2/h3-6,9H,11H2,1-2H3/p+1. The molecule has 0 saturated carbocycles. The summed E-state index contributed by atoms with van der Waals surface area (Å²) < 4.78 is 9.64. The summed E-state index contributed by atoms with van der Waals surface area (Å²) in [5.74, 6) is 0.360. The van der Waals surface area contributed by atoms with Gasteiger partial charge >= 0.3 is 5.97 Å². The fraction of sp³-hybridized carbons (Fsp3) is 0.300. The van der Waals surface area contributed by atoms with Gasteiger partial charge in [-0.1, -0.05) is 12.1 Å². The summed E-state index contributed by atoms with van der Waals surface area (Å²) >= 11 is 0. The van der Waals surface area contributed by atoms with Crippen LogP contribution < -0.4 is 10.5 Å². The number of methoxy groups -OCH3 is 2. The molecule has 0 amide bonds. The molecule has 0 aliphatic carbocycles. The van der Waals surface area contributed by atoms with Crippen molar-refractivity contribution in [3.05, 3.63) is 29.8 Å². The molecule has 0 aliphatic rings. The van der Waals surface area contributed by atoms with E-state index in [1.54, 1.807) is 13.2 Å². The first-order valence-electron chi connectivity index (χ1n) is 4.24. The Hall–Kier alpha value is -1.55. The predicted molar refractivity (Wildman–Crippen MR) is 50.6 cm³/mol. The molecular weight excluding hydrogens is 182 g/mol. The number of carbonyl (C=O) groups excluding carboxylic acids is 1. The molecule has 4 heteroatoms. The van der Waals surface area contributed by atoms with Gasteiger partial charge in [0.25, 0.3) is 0 Å². The molecule has 0 spiro atoms. The fourth-order valence-electron chi connectivity index (χ4n) is 1.14. The summed E-state index contributed by atoms with van der Waals surface area (Å²) in [5.41, 5.74) is 4.51. The van der Waals surface area contributed by atoms with Crippen LogP contribution in [0.3, 0.4) is 0 Å². The second-order valence-electron chi connectivity index (χ2n) is 2.85. The van der Waals surface area contributed by atoms with Crippen LogP contribution in [0.15, 0.2) is 24.3 Å². The summed E-state index contributed by atoms with van der Waals surface area (Å²) in [4.78, 5) is 11.2. The highest BCUT2D eigenvalue weighted by Crippen LogP contribution is 2.17. The van der Waals surface area contributed by atoms with Gasteiger partial charge in [0, 0.05) is 5.56 Å². The van der Waals surface area contributed by atoms with E-state index >= 15 is 0 Å². The number of ether oxygens (including phenoxy) is 2. The summed E-state index contributed by atoms with van der Waals surface area (Å²) in [6.07, 6.45) is 0. The highest BCUT2D eigenvalue weighted by molar-refractivity contribution is 5.75. The van der Waals surface area contributed by atoms with Crippen molar-refractivity contribution in [2.75, 3.05) is 14.2 Å². The van der Waals surface area contributed by atoms with Crippen LogP contribution in [0.4, 0.5) is 0 Å². The molecule has 0 heterocycles. The average Bonchev–Trinajstić information content (AvgIpc) is 2.27. The minimum atomic E-state index is -0.505. The third-order valence-corrected chi connectivity index (χ3v) is 1.98. The maximum atomic E-state index is 11.2. The zero-order valence-corrected chi connectivity index (χ0v) is 8.32. The van der Waals surface area contributed by atoms with E-state index in [9.17, 15) is 4.79 Å². The monoisotopic (exact) mass is 196 g/mol. The van der Waals surface area contributed by atoms with E-state index in [0.29, 0.717) is 5.75 Å². The number of quaternary nitrogens is 1. The lowest BCUT2D eigenvalue weighted by Gasteiger charge is -2.07. The second-order valence-corrected chi connectivity index (χ2v) is 2.85. The third kappa shape index (κ3) is 2.23. The average molecular weight is 196 g/mol. The Morgan fingerprint density at radius 1 is 1.43 bits per heavy atom. The number of hydrogen-bond donors (Lipinski definition) is 1. The van der Waals surface area contributed by atoms with Gasteiger partial charge in [-0.05, 0) is 12.1 Å². The smallest absolute Gasteiger partial charge is 0.369 e. The SMILES string of the molecule is COC(=O)C([NH3+])c1cccc(OC)c1. The zero-order chi connectivity index (χ0) is 10.6. The lowest BCUT2D eigenvalue weighted by Crippen LogP contribution is -2.57. The molecule has 0 bridgehead atoms. The van der Waals surface area contributed by atoms with E-state index in [-0.39, 0.29) is 5.97 Å². The van der Waals surface area contributed by atoms with E-state index in [4.69, 9.17) is 4.74 Å². The fourth-order valence-corrected chi connectivity index (χ4v) is 1.14. The Morgan fingerprint density at radius 3 is 2.71 bits per heavy atom. The normalized spacial score (nSPS) is 11.9. The lowest BCUT2D eigenvalue weighted by atomic mass is 10.1. The van der Waals surface area contributed by atoms with Crippen LogP contribution in [0.5, 0.6) is 5.75 Å². The first kappa shape index (κ1) is 10.5. The first-order valence-corrected chi connectivity index (χ1v) is 4.24. The molecule has 3 N–H and O–H groups in total. The maximum Gasteiger partial charge on any atom is 0.369 e. The quantitative estimate of drug-likeness (QED) is 0.700. The van der Waals surface area contributed by atoms with Gasteiger partial charge in [0.05, 0.1) is 14.2 Å². The number of carbonyl (C=O) groups is 1. The van der Waals surface area contributed by atoms with Crippen molar-refractivity contribution in [1.29, 1.82) is 0 Å². The van der Waals surface area contributed by atoms with E-state index in [0.717, 1.165) is 5.56 Å². The Labute approximate surface area is 82.6 Å². The van der Waals surface area contributed by atoms with Crippen LogP contribution in [0.25, 0.3) is 0 Å². The summed E-state index contributed by atoms with van der Waals surface area (Å²) in [6.45, 7) is 0. The highest BCUT2D eigenvalue weighted by atomic mass is 16.5. The van der Waals surface area contributed by atoms with Crippen LogP contribution in [0.1, 0.15) is 11.6 Å².